The lowest BCUT2D eigenvalue weighted by molar-refractivity contribution is -0.114. The number of nitrogens with one attached hydrogen (secondary N) is 1. The van der Waals surface area contributed by atoms with E-state index in [1.165, 1.54) is 29.5 Å². The number of aromatic nitrogens is 1. The van der Waals surface area contributed by atoms with Crippen molar-refractivity contribution in [2.45, 2.75) is 6.92 Å². The zero-order valence-electron chi connectivity index (χ0n) is 12.7. The fourth-order valence-electron chi connectivity index (χ4n) is 1.97. The van der Waals surface area contributed by atoms with Crippen molar-refractivity contribution in [2.75, 3.05) is 12.4 Å². The van der Waals surface area contributed by atoms with E-state index in [2.05, 4.69) is 15.0 Å². The van der Waals surface area contributed by atoms with E-state index in [1.807, 2.05) is 0 Å². The van der Waals surface area contributed by atoms with Gasteiger partial charge in [0.05, 0.1) is 32.6 Å². The number of pyridine rings is 1. The molecular weight excluding hydrogens is 476 g/mol. The van der Waals surface area contributed by atoms with Gasteiger partial charge in [-0.25, -0.2) is 22.9 Å². The molecule has 25 heavy (non-hydrogen) atoms. The van der Waals surface area contributed by atoms with Crippen LogP contribution in [0.25, 0.3) is 11.3 Å². The predicted molar refractivity (Wildman–Crippen MR) is 92.9 cm³/mol. The Kier molecular flexibility index (Phi) is 5.88. The highest BCUT2D eigenvalue weighted by Gasteiger charge is 2.25. The lowest BCUT2D eigenvalue weighted by atomic mass is 10.1. The number of ether oxygens (including phenoxy) is 1. The van der Waals surface area contributed by atoms with Crippen LogP contribution in [0.2, 0.25) is 5.02 Å². The Morgan fingerprint density at radius 2 is 1.88 bits per heavy atom. The second-order valence-corrected chi connectivity index (χ2v) is 6.27. The molecule has 0 spiro atoms. The minimum absolute atomic E-state index is 0.127. The van der Waals surface area contributed by atoms with Crippen LogP contribution >= 0.6 is 34.2 Å². The summed E-state index contributed by atoms with van der Waals surface area (Å²) in [7, 11) is 1.05. The number of hydrogen-bond donors (Lipinski definition) is 1. The standard InChI is InChI=1S/C15H9ClF3IN2O3/c1-5(23)21-9-4-8(22-14(11(9)16)15(24)25-2)10-6(17)3-7(20)12(18)13(10)19/h3-4H,1-2H3,(H,21,22,23). The number of anilines is 1. The second-order valence-electron chi connectivity index (χ2n) is 4.73. The van der Waals surface area contributed by atoms with Gasteiger partial charge in [0.25, 0.3) is 0 Å². The number of carbonyl (C=O) groups is 2. The Balaban J connectivity index is 2.80. The van der Waals surface area contributed by atoms with E-state index in [4.69, 9.17) is 11.6 Å². The molecule has 10 heteroatoms. The first kappa shape index (κ1) is 19.4. The Morgan fingerprint density at radius 3 is 2.44 bits per heavy atom. The molecule has 0 aliphatic rings. The van der Waals surface area contributed by atoms with Crippen molar-refractivity contribution in [1.82, 2.24) is 4.98 Å². The summed E-state index contributed by atoms with van der Waals surface area (Å²) in [5.41, 5.74) is -1.84. The summed E-state index contributed by atoms with van der Waals surface area (Å²) in [5.74, 6) is -5.39. The van der Waals surface area contributed by atoms with Crippen LogP contribution in [0, 0.1) is 21.0 Å². The quantitative estimate of drug-likeness (QED) is 0.307. The normalized spacial score (nSPS) is 10.5. The number of esters is 1. The number of hydrogen-bond acceptors (Lipinski definition) is 4. The first-order valence-corrected chi connectivity index (χ1v) is 8.02. The molecule has 0 atom stereocenters. The number of carbonyl (C=O) groups excluding carboxylic acids is 2. The fraction of sp³-hybridized carbons (Fsp3) is 0.133. The topological polar surface area (TPSA) is 68.3 Å². The molecule has 0 unspecified atom stereocenters. The summed E-state index contributed by atoms with van der Waals surface area (Å²) in [6.07, 6.45) is 0. The molecule has 1 aromatic carbocycles. The van der Waals surface area contributed by atoms with E-state index in [0.29, 0.717) is 0 Å². The third-order valence-corrected chi connectivity index (χ3v) is 4.18. The van der Waals surface area contributed by atoms with Crippen molar-refractivity contribution in [3.8, 4) is 11.3 Å². The minimum atomic E-state index is -1.48. The molecule has 0 bridgehead atoms. The third kappa shape index (κ3) is 3.87. The van der Waals surface area contributed by atoms with Crippen molar-refractivity contribution >= 4 is 51.8 Å². The highest BCUT2D eigenvalue weighted by atomic mass is 127. The zero-order valence-corrected chi connectivity index (χ0v) is 15.6. The summed E-state index contributed by atoms with van der Waals surface area (Å²) in [5, 5.41) is 2.03. The monoisotopic (exact) mass is 484 g/mol. The molecule has 0 saturated heterocycles. The average molecular weight is 485 g/mol. The maximum atomic E-state index is 14.2. The van der Waals surface area contributed by atoms with Gasteiger partial charge in [0.1, 0.15) is 5.82 Å². The van der Waals surface area contributed by atoms with Crippen LogP contribution in [-0.2, 0) is 9.53 Å². The Labute approximate surface area is 158 Å². The summed E-state index contributed by atoms with van der Waals surface area (Å²) in [6, 6.07) is 1.81. The summed E-state index contributed by atoms with van der Waals surface area (Å²) >= 11 is 7.42. The Bertz CT molecular complexity index is 893. The van der Waals surface area contributed by atoms with Crippen LogP contribution in [0.5, 0.6) is 0 Å². The van der Waals surface area contributed by atoms with E-state index in [-0.39, 0.29) is 14.3 Å². The molecule has 2 rings (SSSR count). The Hall–Kier alpha value is -1.88. The molecule has 5 nitrogen and oxygen atoms in total. The van der Waals surface area contributed by atoms with Crippen LogP contribution in [-0.4, -0.2) is 24.0 Å². The summed E-state index contributed by atoms with van der Waals surface area (Å²) in [6.45, 7) is 1.17. The van der Waals surface area contributed by atoms with Crippen molar-refractivity contribution in [3.05, 3.63) is 43.9 Å². The van der Waals surface area contributed by atoms with Gasteiger partial charge in [-0.3, -0.25) is 4.79 Å². The van der Waals surface area contributed by atoms with E-state index in [9.17, 15) is 22.8 Å². The van der Waals surface area contributed by atoms with Crippen LogP contribution in [0.3, 0.4) is 0 Å². The fourth-order valence-corrected chi connectivity index (χ4v) is 2.70. The molecule has 0 fully saturated rings. The van der Waals surface area contributed by atoms with Crippen molar-refractivity contribution in [3.63, 3.8) is 0 Å². The number of amides is 1. The van der Waals surface area contributed by atoms with Crippen molar-refractivity contribution < 1.29 is 27.5 Å². The summed E-state index contributed by atoms with van der Waals surface area (Å²) in [4.78, 5) is 26.8. The van der Waals surface area contributed by atoms with Gasteiger partial charge in [0, 0.05) is 6.92 Å². The summed E-state index contributed by atoms with van der Waals surface area (Å²) < 4.78 is 46.5. The molecule has 0 aliphatic heterocycles. The zero-order chi connectivity index (χ0) is 18.9. The number of methoxy groups -OCH3 is 1. The highest BCUT2D eigenvalue weighted by Crippen LogP contribution is 2.34. The van der Waals surface area contributed by atoms with Crippen LogP contribution in [0.4, 0.5) is 18.9 Å². The largest absolute Gasteiger partial charge is 0.464 e. The van der Waals surface area contributed by atoms with Crippen molar-refractivity contribution in [1.29, 1.82) is 0 Å². The van der Waals surface area contributed by atoms with E-state index in [0.717, 1.165) is 19.2 Å². The lowest BCUT2D eigenvalue weighted by Gasteiger charge is -2.13. The van der Waals surface area contributed by atoms with Gasteiger partial charge >= 0.3 is 5.97 Å². The smallest absolute Gasteiger partial charge is 0.358 e. The number of rotatable bonds is 3. The second kappa shape index (κ2) is 7.56. The predicted octanol–water partition coefficient (Wildman–Crippen LogP) is 4.17. The lowest BCUT2D eigenvalue weighted by Crippen LogP contribution is -2.12. The van der Waals surface area contributed by atoms with Gasteiger partial charge in [0.15, 0.2) is 17.3 Å². The first-order chi connectivity index (χ1) is 11.7. The first-order valence-electron chi connectivity index (χ1n) is 6.57. The van der Waals surface area contributed by atoms with Gasteiger partial charge in [0.2, 0.25) is 5.91 Å². The van der Waals surface area contributed by atoms with Crippen LogP contribution in [0.15, 0.2) is 12.1 Å². The molecule has 1 amide bonds. The van der Waals surface area contributed by atoms with Gasteiger partial charge in [-0.15, -0.1) is 0 Å². The minimum Gasteiger partial charge on any atom is -0.464 e. The third-order valence-electron chi connectivity index (χ3n) is 3.02. The number of halogens is 5. The van der Waals surface area contributed by atoms with Crippen LogP contribution in [0.1, 0.15) is 17.4 Å². The molecule has 1 N–H and O–H groups in total. The molecule has 1 aromatic heterocycles. The van der Waals surface area contributed by atoms with Gasteiger partial charge in [-0.05, 0) is 34.7 Å². The average Bonchev–Trinajstić information content (AvgIpc) is 2.54. The molecule has 0 aliphatic carbocycles. The SMILES string of the molecule is COC(=O)c1nc(-c2c(F)cc(I)c(F)c2F)cc(NC(C)=O)c1Cl. The number of nitrogens with zero attached hydrogens (tertiary/aromatic N) is 1. The molecule has 132 valence electrons. The molecule has 0 saturated carbocycles. The molecule has 0 radical (unpaired) electrons. The molecule has 2 aromatic rings. The van der Waals surface area contributed by atoms with Gasteiger partial charge < -0.3 is 10.1 Å². The van der Waals surface area contributed by atoms with Crippen molar-refractivity contribution in [2.24, 2.45) is 0 Å². The Morgan fingerprint density at radius 1 is 1.24 bits per heavy atom. The maximum Gasteiger partial charge on any atom is 0.358 e. The van der Waals surface area contributed by atoms with E-state index >= 15 is 0 Å². The van der Waals surface area contributed by atoms with E-state index in [1.54, 1.807) is 0 Å². The highest BCUT2D eigenvalue weighted by molar-refractivity contribution is 14.1. The van der Waals surface area contributed by atoms with Gasteiger partial charge in [-0.1, -0.05) is 11.6 Å². The molecule has 1 heterocycles. The number of benzene rings is 1. The van der Waals surface area contributed by atoms with Gasteiger partial charge in [-0.2, -0.15) is 0 Å². The molecular formula is C15H9ClF3IN2O3. The maximum absolute atomic E-state index is 14.2. The van der Waals surface area contributed by atoms with Crippen LogP contribution < -0.4 is 5.32 Å². The van der Waals surface area contributed by atoms with E-state index < -0.39 is 46.3 Å².